The van der Waals surface area contributed by atoms with Crippen molar-refractivity contribution < 1.29 is 4.79 Å². The van der Waals surface area contributed by atoms with E-state index in [0.717, 1.165) is 16.1 Å². The van der Waals surface area contributed by atoms with Gasteiger partial charge in [-0.05, 0) is 43.3 Å². The van der Waals surface area contributed by atoms with Gasteiger partial charge in [-0.25, -0.2) is 9.48 Å². The standard InChI is InChI=1S/C17H16Cl2N4OS/c1-11(15-6-7-16(19)25-15)22-17(24)20-8-12-9-21-23(10-12)14-4-2-13(18)3-5-14/h2-7,9-11H,8H2,1H3,(H2,20,22,24). The summed E-state index contributed by atoms with van der Waals surface area (Å²) >= 11 is 13.3. The Kier molecular flexibility index (Phi) is 5.63. The predicted octanol–water partition coefficient (Wildman–Crippen LogP) is 4.80. The first-order valence-corrected chi connectivity index (χ1v) is 9.17. The number of hydrogen-bond donors (Lipinski definition) is 2. The van der Waals surface area contributed by atoms with E-state index in [0.29, 0.717) is 15.9 Å². The number of urea groups is 1. The highest BCUT2D eigenvalue weighted by Crippen LogP contribution is 2.26. The lowest BCUT2D eigenvalue weighted by Gasteiger charge is -2.12. The maximum atomic E-state index is 12.0. The van der Waals surface area contributed by atoms with Gasteiger partial charge in [0.15, 0.2) is 0 Å². The van der Waals surface area contributed by atoms with Crippen LogP contribution in [0.4, 0.5) is 4.79 Å². The van der Waals surface area contributed by atoms with Gasteiger partial charge in [-0.3, -0.25) is 0 Å². The van der Waals surface area contributed by atoms with Gasteiger partial charge in [0, 0.05) is 28.2 Å². The van der Waals surface area contributed by atoms with Gasteiger partial charge in [0.05, 0.1) is 22.3 Å². The van der Waals surface area contributed by atoms with E-state index >= 15 is 0 Å². The fraction of sp³-hybridized carbons (Fsp3) is 0.176. The number of nitrogens with zero attached hydrogens (tertiary/aromatic N) is 2. The number of carbonyl (C=O) groups excluding carboxylic acids is 1. The summed E-state index contributed by atoms with van der Waals surface area (Å²) < 4.78 is 2.44. The van der Waals surface area contributed by atoms with Gasteiger partial charge in [-0.1, -0.05) is 23.2 Å². The van der Waals surface area contributed by atoms with Crippen LogP contribution in [-0.2, 0) is 6.54 Å². The lowest BCUT2D eigenvalue weighted by atomic mass is 10.3. The number of carbonyl (C=O) groups is 1. The summed E-state index contributed by atoms with van der Waals surface area (Å²) in [7, 11) is 0. The minimum Gasteiger partial charge on any atom is -0.334 e. The molecule has 0 aliphatic rings. The number of thiophene rings is 1. The molecule has 0 fully saturated rings. The van der Waals surface area contributed by atoms with Crippen LogP contribution >= 0.6 is 34.5 Å². The maximum Gasteiger partial charge on any atom is 0.315 e. The second kappa shape index (κ2) is 7.91. The van der Waals surface area contributed by atoms with Gasteiger partial charge in [0.2, 0.25) is 0 Å². The first-order valence-electron chi connectivity index (χ1n) is 7.60. The number of hydrogen-bond acceptors (Lipinski definition) is 3. The molecule has 25 heavy (non-hydrogen) atoms. The van der Waals surface area contributed by atoms with E-state index in [9.17, 15) is 4.79 Å². The predicted molar refractivity (Wildman–Crippen MR) is 102 cm³/mol. The molecule has 3 aromatic rings. The highest BCUT2D eigenvalue weighted by molar-refractivity contribution is 7.16. The lowest BCUT2D eigenvalue weighted by Crippen LogP contribution is -2.36. The summed E-state index contributed by atoms with van der Waals surface area (Å²) in [6, 6.07) is 10.8. The van der Waals surface area contributed by atoms with E-state index in [2.05, 4.69) is 15.7 Å². The number of halogens is 2. The molecule has 1 unspecified atom stereocenters. The summed E-state index contributed by atoms with van der Waals surface area (Å²) in [5, 5.41) is 10.7. The van der Waals surface area contributed by atoms with E-state index in [-0.39, 0.29) is 12.1 Å². The number of nitrogens with one attached hydrogen (secondary N) is 2. The zero-order valence-electron chi connectivity index (χ0n) is 13.4. The van der Waals surface area contributed by atoms with Crippen molar-refractivity contribution in [1.82, 2.24) is 20.4 Å². The van der Waals surface area contributed by atoms with Crippen LogP contribution in [0.15, 0.2) is 48.8 Å². The molecule has 3 rings (SSSR count). The summed E-state index contributed by atoms with van der Waals surface area (Å²) in [5.41, 5.74) is 1.81. The van der Waals surface area contributed by atoms with Crippen LogP contribution in [0.1, 0.15) is 23.4 Å². The largest absolute Gasteiger partial charge is 0.334 e. The molecule has 0 aliphatic heterocycles. The van der Waals surface area contributed by atoms with E-state index in [1.54, 1.807) is 10.9 Å². The Hall–Kier alpha value is -2.02. The van der Waals surface area contributed by atoms with Crippen molar-refractivity contribution in [1.29, 1.82) is 0 Å². The van der Waals surface area contributed by atoms with Gasteiger partial charge < -0.3 is 10.6 Å². The third-order valence-electron chi connectivity index (χ3n) is 3.55. The molecule has 2 aromatic heterocycles. The first kappa shape index (κ1) is 17.8. The van der Waals surface area contributed by atoms with Crippen molar-refractivity contribution in [2.75, 3.05) is 0 Å². The van der Waals surface area contributed by atoms with Crippen molar-refractivity contribution in [3.63, 3.8) is 0 Å². The van der Waals surface area contributed by atoms with Gasteiger partial charge in [-0.2, -0.15) is 5.10 Å². The van der Waals surface area contributed by atoms with Gasteiger partial charge in [-0.15, -0.1) is 11.3 Å². The number of amides is 2. The summed E-state index contributed by atoms with van der Waals surface area (Å²) in [4.78, 5) is 13.0. The smallest absolute Gasteiger partial charge is 0.315 e. The van der Waals surface area contributed by atoms with E-state index in [1.807, 2.05) is 49.5 Å². The fourth-order valence-electron chi connectivity index (χ4n) is 2.25. The molecule has 8 heteroatoms. The van der Waals surface area contributed by atoms with Crippen molar-refractivity contribution in [2.24, 2.45) is 0 Å². The molecule has 0 radical (unpaired) electrons. The first-order chi connectivity index (χ1) is 12.0. The SMILES string of the molecule is CC(NC(=O)NCc1cnn(-c2ccc(Cl)cc2)c1)c1ccc(Cl)s1. The molecule has 0 saturated carbocycles. The molecule has 1 aromatic carbocycles. The lowest BCUT2D eigenvalue weighted by molar-refractivity contribution is 0.237. The molecule has 0 spiro atoms. The van der Waals surface area contributed by atoms with Crippen molar-refractivity contribution in [2.45, 2.75) is 19.5 Å². The molecule has 0 bridgehead atoms. The van der Waals surface area contributed by atoms with Crippen molar-refractivity contribution in [3.8, 4) is 5.69 Å². The second-order valence-electron chi connectivity index (χ2n) is 5.46. The molecule has 2 N–H and O–H groups in total. The molecule has 1 atom stereocenters. The average molecular weight is 395 g/mol. The minimum absolute atomic E-state index is 0.103. The molecule has 2 amide bonds. The number of rotatable bonds is 5. The molecule has 2 heterocycles. The maximum absolute atomic E-state index is 12.0. The van der Waals surface area contributed by atoms with Gasteiger partial charge in [0.25, 0.3) is 0 Å². The Morgan fingerprint density at radius 1 is 1.24 bits per heavy atom. The van der Waals surface area contributed by atoms with E-state index in [1.165, 1.54) is 11.3 Å². The summed E-state index contributed by atoms with van der Waals surface area (Å²) in [5.74, 6) is 0. The zero-order chi connectivity index (χ0) is 17.8. The Labute approximate surface area is 159 Å². The number of aromatic nitrogens is 2. The van der Waals surface area contributed by atoms with Crippen LogP contribution in [0.25, 0.3) is 5.69 Å². The van der Waals surface area contributed by atoms with E-state index in [4.69, 9.17) is 23.2 Å². The highest BCUT2D eigenvalue weighted by Gasteiger charge is 2.11. The minimum atomic E-state index is -0.240. The second-order valence-corrected chi connectivity index (χ2v) is 7.64. The Bertz CT molecular complexity index is 860. The van der Waals surface area contributed by atoms with Crippen LogP contribution in [0, 0.1) is 0 Å². The third-order valence-corrected chi connectivity index (χ3v) is 5.21. The molecule has 130 valence electrons. The Morgan fingerprint density at radius 2 is 2.00 bits per heavy atom. The Morgan fingerprint density at radius 3 is 2.68 bits per heavy atom. The molecule has 0 saturated heterocycles. The molecule has 0 aliphatic carbocycles. The molecular weight excluding hydrogens is 379 g/mol. The van der Waals surface area contributed by atoms with Crippen LogP contribution in [0.2, 0.25) is 9.36 Å². The van der Waals surface area contributed by atoms with E-state index < -0.39 is 0 Å². The summed E-state index contributed by atoms with van der Waals surface area (Å²) in [6.07, 6.45) is 3.59. The van der Waals surface area contributed by atoms with Crippen molar-refractivity contribution >= 4 is 40.6 Å². The zero-order valence-corrected chi connectivity index (χ0v) is 15.7. The summed E-state index contributed by atoms with van der Waals surface area (Å²) in [6.45, 7) is 2.30. The number of benzene rings is 1. The third kappa shape index (κ3) is 4.75. The van der Waals surface area contributed by atoms with Crippen molar-refractivity contribution in [3.05, 3.63) is 68.6 Å². The average Bonchev–Trinajstić information content (AvgIpc) is 3.23. The molecule has 5 nitrogen and oxygen atoms in total. The monoisotopic (exact) mass is 394 g/mol. The fourth-order valence-corrected chi connectivity index (χ4v) is 3.44. The topological polar surface area (TPSA) is 59.0 Å². The highest BCUT2D eigenvalue weighted by atomic mass is 35.5. The van der Waals surface area contributed by atoms with Crippen LogP contribution in [0.3, 0.4) is 0 Å². The quantitative estimate of drug-likeness (QED) is 0.652. The van der Waals surface area contributed by atoms with Crippen LogP contribution in [0.5, 0.6) is 0 Å². The van der Waals surface area contributed by atoms with Gasteiger partial charge >= 0.3 is 6.03 Å². The molecular formula is C17H16Cl2N4OS. The Balaban J connectivity index is 1.53. The van der Waals surface area contributed by atoms with Crippen LogP contribution in [-0.4, -0.2) is 15.8 Å². The van der Waals surface area contributed by atoms with Gasteiger partial charge in [0.1, 0.15) is 0 Å². The van der Waals surface area contributed by atoms with Crippen LogP contribution < -0.4 is 10.6 Å². The normalized spacial score (nSPS) is 12.0.